The SMILES string of the molecule is CC1CN(CCC(=O)NC(N)=O)CC(C)N1. The molecule has 0 bridgehead atoms. The Morgan fingerprint density at radius 2 is 1.94 bits per heavy atom. The molecule has 1 heterocycles. The van der Waals surface area contributed by atoms with Crippen molar-refractivity contribution in [2.45, 2.75) is 32.4 Å². The third kappa shape index (κ3) is 4.59. The van der Waals surface area contributed by atoms with Crippen molar-refractivity contribution in [2.24, 2.45) is 5.73 Å². The highest BCUT2D eigenvalue weighted by molar-refractivity contribution is 5.93. The van der Waals surface area contributed by atoms with Gasteiger partial charge in [-0.15, -0.1) is 0 Å². The molecule has 0 aromatic carbocycles. The second-order valence-electron chi connectivity index (χ2n) is 4.39. The molecule has 0 saturated carbocycles. The number of urea groups is 1. The molecule has 16 heavy (non-hydrogen) atoms. The van der Waals surface area contributed by atoms with Crippen molar-refractivity contribution in [1.82, 2.24) is 15.5 Å². The Morgan fingerprint density at radius 1 is 1.38 bits per heavy atom. The number of nitrogens with one attached hydrogen (secondary N) is 2. The minimum atomic E-state index is -0.785. The normalized spacial score (nSPS) is 26.4. The highest BCUT2D eigenvalue weighted by atomic mass is 16.2. The van der Waals surface area contributed by atoms with E-state index in [0.29, 0.717) is 25.0 Å². The van der Waals surface area contributed by atoms with Crippen LogP contribution in [0, 0.1) is 0 Å². The van der Waals surface area contributed by atoms with Crippen LogP contribution in [0.1, 0.15) is 20.3 Å². The summed E-state index contributed by atoms with van der Waals surface area (Å²) in [6.45, 7) is 6.75. The molecule has 0 aromatic rings. The van der Waals surface area contributed by atoms with Gasteiger partial charge in [0, 0.05) is 38.1 Å². The predicted molar refractivity (Wildman–Crippen MR) is 60.8 cm³/mol. The van der Waals surface area contributed by atoms with Crippen molar-refractivity contribution in [3.63, 3.8) is 0 Å². The van der Waals surface area contributed by atoms with Crippen molar-refractivity contribution in [3.05, 3.63) is 0 Å². The Kier molecular flexibility index (Phi) is 4.70. The number of nitrogens with two attached hydrogens (primary N) is 1. The van der Waals surface area contributed by atoms with Crippen LogP contribution in [-0.4, -0.2) is 48.6 Å². The fraction of sp³-hybridized carbons (Fsp3) is 0.800. The van der Waals surface area contributed by atoms with E-state index in [-0.39, 0.29) is 5.91 Å². The van der Waals surface area contributed by atoms with Crippen LogP contribution in [0.3, 0.4) is 0 Å². The summed E-state index contributed by atoms with van der Waals surface area (Å²) < 4.78 is 0. The number of imide groups is 1. The molecular weight excluding hydrogens is 208 g/mol. The van der Waals surface area contributed by atoms with Crippen molar-refractivity contribution >= 4 is 11.9 Å². The number of carbonyl (C=O) groups excluding carboxylic acids is 2. The predicted octanol–water partition coefficient (Wildman–Crippen LogP) is -0.746. The van der Waals surface area contributed by atoms with E-state index in [1.807, 2.05) is 0 Å². The Morgan fingerprint density at radius 3 is 2.44 bits per heavy atom. The van der Waals surface area contributed by atoms with Crippen LogP contribution in [0.2, 0.25) is 0 Å². The van der Waals surface area contributed by atoms with Gasteiger partial charge >= 0.3 is 6.03 Å². The molecule has 1 fully saturated rings. The average molecular weight is 228 g/mol. The molecule has 92 valence electrons. The summed E-state index contributed by atoms with van der Waals surface area (Å²) in [6.07, 6.45) is 0.308. The number of hydrogen-bond acceptors (Lipinski definition) is 4. The smallest absolute Gasteiger partial charge is 0.318 e. The van der Waals surface area contributed by atoms with E-state index in [9.17, 15) is 9.59 Å². The van der Waals surface area contributed by atoms with Gasteiger partial charge in [0.2, 0.25) is 5.91 Å². The van der Waals surface area contributed by atoms with Crippen molar-refractivity contribution in [2.75, 3.05) is 19.6 Å². The maximum atomic E-state index is 11.2. The lowest BCUT2D eigenvalue weighted by Gasteiger charge is -2.35. The number of primary amides is 1. The van der Waals surface area contributed by atoms with Crippen molar-refractivity contribution in [1.29, 1.82) is 0 Å². The molecule has 1 aliphatic heterocycles. The molecule has 0 aromatic heterocycles. The molecule has 2 unspecified atom stereocenters. The Balaban J connectivity index is 2.26. The van der Waals surface area contributed by atoms with Crippen LogP contribution in [0.15, 0.2) is 0 Å². The monoisotopic (exact) mass is 228 g/mol. The van der Waals surface area contributed by atoms with Crippen molar-refractivity contribution < 1.29 is 9.59 Å². The van der Waals surface area contributed by atoms with Gasteiger partial charge in [-0.1, -0.05) is 0 Å². The first kappa shape index (κ1) is 12.9. The number of hydrogen-bond donors (Lipinski definition) is 3. The van der Waals surface area contributed by atoms with Crippen LogP contribution in [0.4, 0.5) is 4.79 Å². The quantitative estimate of drug-likeness (QED) is 0.593. The standard InChI is InChI=1S/C10H20N4O2/c1-7-5-14(6-8(2)12-7)4-3-9(15)13-10(11)16/h7-8,12H,3-6H2,1-2H3,(H3,11,13,15,16). The Bertz CT molecular complexity index is 260. The fourth-order valence-corrected chi connectivity index (χ4v) is 2.08. The molecule has 2 atom stereocenters. The first-order valence-corrected chi connectivity index (χ1v) is 5.55. The van der Waals surface area contributed by atoms with Crippen LogP contribution in [0.25, 0.3) is 0 Å². The van der Waals surface area contributed by atoms with E-state index in [2.05, 4.69) is 29.4 Å². The van der Waals surface area contributed by atoms with Gasteiger partial charge in [0.05, 0.1) is 0 Å². The van der Waals surface area contributed by atoms with Gasteiger partial charge < -0.3 is 11.1 Å². The van der Waals surface area contributed by atoms with E-state index in [4.69, 9.17) is 5.73 Å². The highest BCUT2D eigenvalue weighted by Gasteiger charge is 2.21. The molecular formula is C10H20N4O2. The maximum absolute atomic E-state index is 11.2. The van der Waals surface area contributed by atoms with Gasteiger partial charge in [0.15, 0.2) is 0 Å². The number of piperazine rings is 1. The molecule has 4 N–H and O–H groups in total. The summed E-state index contributed by atoms with van der Waals surface area (Å²) >= 11 is 0. The van der Waals surface area contributed by atoms with Gasteiger partial charge in [-0.25, -0.2) is 4.79 Å². The molecule has 1 rings (SSSR count). The lowest BCUT2D eigenvalue weighted by atomic mass is 10.1. The van der Waals surface area contributed by atoms with Crippen LogP contribution in [0.5, 0.6) is 0 Å². The number of rotatable bonds is 3. The van der Waals surface area contributed by atoms with Gasteiger partial charge in [-0.2, -0.15) is 0 Å². The van der Waals surface area contributed by atoms with E-state index >= 15 is 0 Å². The van der Waals surface area contributed by atoms with E-state index in [1.54, 1.807) is 0 Å². The molecule has 1 saturated heterocycles. The average Bonchev–Trinajstić information content (AvgIpc) is 2.12. The minimum absolute atomic E-state index is 0.308. The zero-order valence-electron chi connectivity index (χ0n) is 9.82. The molecule has 6 nitrogen and oxygen atoms in total. The summed E-state index contributed by atoms with van der Waals surface area (Å²) in [5.74, 6) is -0.314. The summed E-state index contributed by atoms with van der Waals surface area (Å²) in [7, 11) is 0. The second-order valence-corrected chi connectivity index (χ2v) is 4.39. The zero-order valence-corrected chi connectivity index (χ0v) is 9.82. The Labute approximate surface area is 95.5 Å². The third-order valence-electron chi connectivity index (χ3n) is 2.55. The first-order chi connectivity index (χ1) is 7.47. The molecule has 0 aliphatic carbocycles. The van der Waals surface area contributed by atoms with E-state index in [0.717, 1.165) is 13.1 Å². The largest absolute Gasteiger partial charge is 0.351 e. The van der Waals surface area contributed by atoms with Gasteiger partial charge in [-0.3, -0.25) is 15.0 Å². The fourth-order valence-electron chi connectivity index (χ4n) is 2.08. The summed E-state index contributed by atoms with van der Waals surface area (Å²) in [5.41, 5.74) is 4.85. The summed E-state index contributed by atoms with van der Waals surface area (Å²) in [4.78, 5) is 23.9. The highest BCUT2D eigenvalue weighted by Crippen LogP contribution is 2.04. The number of amides is 3. The van der Waals surface area contributed by atoms with Gasteiger partial charge in [0.1, 0.15) is 0 Å². The minimum Gasteiger partial charge on any atom is -0.351 e. The second kappa shape index (κ2) is 5.81. The molecule has 1 aliphatic rings. The number of carbonyl (C=O) groups is 2. The van der Waals surface area contributed by atoms with Crippen LogP contribution < -0.4 is 16.4 Å². The number of nitrogens with zero attached hydrogens (tertiary/aromatic N) is 1. The zero-order chi connectivity index (χ0) is 12.1. The third-order valence-corrected chi connectivity index (χ3v) is 2.55. The van der Waals surface area contributed by atoms with Crippen LogP contribution in [-0.2, 0) is 4.79 Å². The molecule has 0 radical (unpaired) electrons. The van der Waals surface area contributed by atoms with Crippen molar-refractivity contribution in [3.8, 4) is 0 Å². The lowest BCUT2D eigenvalue weighted by Crippen LogP contribution is -2.54. The topological polar surface area (TPSA) is 87.5 Å². The maximum Gasteiger partial charge on any atom is 0.318 e. The summed E-state index contributed by atoms with van der Waals surface area (Å²) in [5, 5.41) is 5.48. The molecule has 3 amide bonds. The lowest BCUT2D eigenvalue weighted by molar-refractivity contribution is -0.120. The van der Waals surface area contributed by atoms with Gasteiger partial charge in [-0.05, 0) is 13.8 Å². The van der Waals surface area contributed by atoms with E-state index in [1.165, 1.54) is 0 Å². The Hall–Kier alpha value is -1.14. The molecule has 6 heteroatoms. The van der Waals surface area contributed by atoms with E-state index < -0.39 is 6.03 Å². The first-order valence-electron chi connectivity index (χ1n) is 5.55. The van der Waals surface area contributed by atoms with Crippen LogP contribution >= 0.6 is 0 Å². The van der Waals surface area contributed by atoms with Gasteiger partial charge in [0.25, 0.3) is 0 Å². The summed E-state index contributed by atoms with van der Waals surface area (Å²) in [6, 6.07) is 0.0814. The molecule has 0 spiro atoms.